The summed E-state index contributed by atoms with van der Waals surface area (Å²) < 4.78 is 46.7. The summed E-state index contributed by atoms with van der Waals surface area (Å²) >= 11 is 0. The number of esters is 1. The van der Waals surface area contributed by atoms with Crippen molar-refractivity contribution in [3.63, 3.8) is 0 Å². The predicted octanol–water partition coefficient (Wildman–Crippen LogP) is 4.84. The number of rotatable bonds is 4. The number of nitrogens with zero attached hydrogens (tertiary/aromatic N) is 2. The molecule has 1 aromatic heterocycles. The SMILES string of the molecule is CCOC(=O)c1cnn2c1NC(c1ccc(C(C)C)cc1)CC2C(F)(F)F. The van der Waals surface area contributed by atoms with Crippen molar-refractivity contribution in [2.45, 2.75) is 51.4 Å². The van der Waals surface area contributed by atoms with E-state index in [9.17, 15) is 18.0 Å². The van der Waals surface area contributed by atoms with Crippen LogP contribution in [0.5, 0.6) is 0 Å². The van der Waals surface area contributed by atoms with Crippen LogP contribution in [0.1, 0.15) is 66.7 Å². The minimum absolute atomic E-state index is 0.00889. The summed E-state index contributed by atoms with van der Waals surface area (Å²) in [6.07, 6.45) is -3.56. The maximum atomic E-state index is 13.6. The van der Waals surface area contributed by atoms with E-state index >= 15 is 0 Å². The van der Waals surface area contributed by atoms with Crippen LogP contribution in [-0.4, -0.2) is 28.5 Å². The Kier molecular flexibility index (Phi) is 5.17. The van der Waals surface area contributed by atoms with Crippen molar-refractivity contribution in [3.05, 3.63) is 47.2 Å². The van der Waals surface area contributed by atoms with Gasteiger partial charge in [0.2, 0.25) is 0 Å². The molecule has 0 bridgehead atoms. The second kappa shape index (κ2) is 7.25. The lowest BCUT2D eigenvalue weighted by molar-refractivity contribution is -0.173. The molecule has 0 fully saturated rings. The van der Waals surface area contributed by atoms with Crippen LogP contribution in [0.15, 0.2) is 30.5 Å². The van der Waals surface area contributed by atoms with Gasteiger partial charge in [0.1, 0.15) is 11.4 Å². The Balaban J connectivity index is 1.98. The first kappa shape index (κ1) is 19.3. The molecule has 2 atom stereocenters. The first-order valence-corrected chi connectivity index (χ1v) is 8.90. The van der Waals surface area contributed by atoms with Crippen LogP contribution < -0.4 is 5.32 Å². The lowest BCUT2D eigenvalue weighted by Gasteiger charge is -2.34. The number of carbonyl (C=O) groups excluding carboxylic acids is 1. The van der Waals surface area contributed by atoms with E-state index in [1.54, 1.807) is 6.92 Å². The molecule has 0 amide bonds. The molecule has 0 saturated heterocycles. The van der Waals surface area contributed by atoms with Gasteiger partial charge >= 0.3 is 12.1 Å². The van der Waals surface area contributed by atoms with Gasteiger partial charge in [0.15, 0.2) is 6.04 Å². The Bertz CT molecular complexity index is 813. The number of hydrogen-bond acceptors (Lipinski definition) is 4. The first-order valence-electron chi connectivity index (χ1n) is 8.90. The third-order valence-corrected chi connectivity index (χ3v) is 4.74. The fraction of sp³-hybridized carbons (Fsp3) is 0.474. The van der Waals surface area contributed by atoms with E-state index in [0.29, 0.717) is 5.92 Å². The molecule has 1 aromatic carbocycles. The molecule has 1 aliphatic rings. The zero-order chi connectivity index (χ0) is 19.8. The Hall–Kier alpha value is -2.51. The number of fused-ring (bicyclic) bond motifs is 1. The molecule has 0 aliphatic carbocycles. The number of alkyl halides is 3. The molecule has 2 unspecified atom stereocenters. The quantitative estimate of drug-likeness (QED) is 0.770. The summed E-state index contributed by atoms with van der Waals surface area (Å²) in [4.78, 5) is 12.1. The third kappa shape index (κ3) is 3.79. The van der Waals surface area contributed by atoms with Crippen molar-refractivity contribution >= 4 is 11.8 Å². The number of carbonyl (C=O) groups is 1. The molecule has 0 radical (unpaired) electrons. The van der Waals surface area contributed by atoms with Gasteiger partial charge in [0, 0.05) is 6.42 Å². The fourth-order valence-electron chi connectivity index (χ4n) is 3.25. The second-order valence-corrected chi connectivity index (χ2v) is 6.88. The van der Waals surface area contributed by atoms with Crippen molar-refractivity contribution in [2.24, 2.45) is 0 Å². The lowest BCUT2D eigenvalue weighted by atomic mass is 9.94. The molecule has 2 heterocycles. The van der Waals surface area contributed by atoms with Gasteiger partial charge in [-0.15, -0.1) is 0 Å². The summed E-state index contributed by atoms with van der Waals surface area (Å²) in [5, 5.41) is 6.86. The van der Waals surface area contributed by atoms with Crippen molar-refractivity contribution in [2.75, 3.05) is 11.9 Å². The molecular weight excluding hydrogens is 359 g/mol. The highest BCUT2D eigenvalue weighted by molar-refractivity contribution is 5.94. The normalized spacial score (nSPS) is 19.5. The van der Waals surface area contributed by atoms with Gasteiger partial charge in [0.25, 0.3) is 0 Å². The molecule has 0 spiro atoms. The Morgan fingerprint density at radius 1 is 1.33 bits per heavy atom. The summed E-state index contributed by atoms with van der Waals surface area (Å²) in [5.74, 6) is -0.318. The van der Waals surface area contributed by atoms with Crippen LogP contribution in [0.4, 0.5) is 19.0 Å². The summed E-state index contributed by atoms with van der Waals surface area (Å²) in [7, 11) is 0. The number of anilines is 1. The van der Waals surface area contributed by atoms with Crippen LogP contribution in [-0.2, 0) is 4.74 Å². The van der Waals surface area contributed by atoms with Gasteiger partial charge in [-0.1, -0.05) is 38.1 Å². The zero-order valence-electron chi connectivity index (χ0n) is 15.4. The Labute approximate surface area is 155 Å². The monoisotopic (exact) mass is 381 g/mol. The standard InChI is InChI=1S/C19H22F3N3O2/c1-4-27-18(26)14-10-23-25-16(19(20,21)22)9-15(24-17(14)25)13-7-5-12(6-8-13)11(2)3/h5-8,10-11,15-16,24H,4,9H2,1-3H3. The van der Waals surface area contributed by atoms with Crippen LogP contribution in [0.25, 0.3) is 0 Å². The average Bonchev–Trinajstić information content (AvgIpc) is 3.04. The zero-order valence-corrected chi connectivity index (χ0v) is 15.4. The maximum Gasteiger partial charge on any atom is 0.410 e. The van der Waals surface area contributed by atoms with Gasteiger partial charge in [0.05, 0.1) is 18.8 Å². The van der Waals surface area contributed by atoms with Crippen LogP contribution in [0, 0.1) is 0 Å². The van der Waals surface area contributed by atoms with Crippen molar-refractivity contribution in [1.82, 2.24) is 9.78 Å². The van der Waals surface area contributed by atoms with Crippen LogP contribution in [0.3, 0.4) is 0 Å². The number of aromatic nitrogens is 2. The highest BCUT2D eigenvalue weighted by Crippen LogP contribution is 2.44. The Morgan fingerprint density at radius 2 is 2.00 bits per heavy atom. The van der Waals surface area contributed by atoms with E-state index in [-0.39, 0.29) is 24.4 Å². The molecule has 0 saturated carbocycles. The molecule has 27 heavy (non-hydrogen) atoms. The molecule has 1 aliphatic heterocycles. The van der Waals surface area contributed by atoms with E-state index in [1.807, 2.05) is 24.3 Å². The smallest absolute Gasteiger partial charge is 0.410 e. The predicted molar refractivity (Wildman–Crippen MR) is 94.8 cm³/mol. The summed E-state index contributed by atoms with van der Waals surface area (Å²) in [6, 6.07) is 5.10. The van der Waals surface area contributed by atoms with Crippen LogP contribution >= 0.6 is 0 Å². The molecule has 3 rings (SSSR count). The van der Waals surface area contributed by atoms with Gasteiger partial charge in [-0.2, -0.15) is 18.3 Å². The third-order valence-electron chi connectivity index (χ3n) is 4.74. The Morgan fingerprint density at radius 3 is 2.56 bits per heavy atom. The molecular formula is C19H22F3N3O2. The first-order chi connectivity index (χ1) is 12.7. The molecule has 2 aromatic rings. The number of ether oxygens (including phenoxy) is 1. The molecule has 8 heteroatoms. The highest BCUT2D eigenvalue weighted by Gasteiger charge is 2.47. The molecule has 5 nitrogen and oxygen atoms in total. The fourth-order valence-corrected chi connectivity index (χ4v) is 3.25. The van der Waals surface area contributed by atoms with E-state index in [1.165, 1.54) is 0 Å². The number of hydrogen-bond donors (Lipinski definition) is 1. The number of benzene rings is 1. The van der Waals surface area contributed by atoms with Gasteiger partial charge in [-0.05, 0) is 24.0 Å². The lowest BCUT2D eigenvalue weighted by Crippen LogP contribution is -2.36. The number of nitrogens with one attached hydrogen (secondary N) is 1. The van der Waals surface area contributed by atoms with Crippen molar-refractivity contribution in [3.8, 4) is 0 Å². The maximum absolute atomic E-state index is 13.6. The summed E-state index contributed by atoms with van der Waals surface area (Å²) in [5.41, 5.74) is 1.85. The van der Waals surface area contributed by atoms with E-state index in [0.717, 1.165) is 22.0 Å². The molecule has 146 valence electrons. The van der Waals surface area contributed by atoms with Crippen molar-refractivity contribution in [1.29, 1.82) is 0 Å². The average molecular weight is 381 g/mol. The van der Waals surface area contributed by atoms with E-state index in [4.69, 9.17) is 4.74 Å². The van der Waals surface area contributed by atoms with Crippen LogP contribution in [0.2, 0.25) is 0 Å². The van der Waals surface area contributed by atoms with E-state index in [2.05, 4.69) is 24.3 Å². The largest absolute Gasteiger partial charge is 0.462 e. The van der Waals surface area contributed by atoms with Crippen molar-refractivity contribution < 1.29 is 22.7 Å². The topological polar surface area (TPSA) is 56.1 Å². The second-order valence-electron chi connectivity index (χ2n) is 6.88. The summed E-state index contributed by atoms with van der Waals surface area (Å²) in [6.45, 7) is 5.88. The minimum Gasteiger partial charge on any atom is -0.462 e. The number of halogens is 3. The van der Waals surface area contributed by atoms with E-state index < -0.39 is 24.2 Å². The molecule has 1 N–H and O–H groups in total. The highest BCUT2D eigenvalue weighted by atomic mass is 19.4. The van der Waals surface area contributed by atoms with Gasteiger partial charge in [-0.25, -0.2) is 9.48 Å². The van der Waals surface area contributed by atoms with Gasteiger partial charge < -0.3 is 10.1 Å². The van der Waals surface area contributed by atoms with Gasteiger partial charge in [-0.3, -0.25) is 0 Å². The minimum atomic E-state index is -4.48.